The lowest BCUT2D eigenvalue weighted by Crippen LogP contribution is -2.18. The van der Waals surface area contributed by atoms with Crippen LogP contribution in [0.4, 0.5) is 4.39 Å². The van der Waals surface area contributed by atoms with Gasteiger partial charge in [0.2, 0.25) is 5.95 Å². The quantitative estimate of drug-likeness (QED) is 0.483. The van der Waals surface area contributed by atoms with Gasteiger partial charge in [-0.25, -0.2) is 19.2 Å². The van der Waals surface area contributed by atoms with Crippen molar-refractivity contribution in [3.05, 3.63) is 81.4 Å². The summed E-state index contributed by atoms with van der Waals surface area (Å²) in [6, 6.07) is 11.5. The third kappa shape index (κ3) is 2.82. The van der Waals surface area contributed by atoms with Crippen LogP contribution < -0.4 is 5.69 Å². The van der Waals surface area contributed by atoms with Gasteiger partial charge in [-0.1, -0.05) is 17.7 Å². The maximum atomic E-state index is 14.2. The maximum absolute atomic E-state index is 14.2. The molecule has 10 heteroatoms. The second kappa shape index (κ2) is 6.79. The van der Waals surface area contributed by atoms with Crippen molar-refractivity contribution in [1.29, 1.82) is 5.26 Å². The van der Waals surface area contributed by atoms with Gasteiger partial charge in [-0.3, -0.25) is 9.13 Å². The second-order valence-corrected chi connectivity index (χ2v) is 6.96. The van der Waals surface area contributed by atoms with Crippen LogP contribution in [-0.2, 0) is 6.54 Å². The van der Waals surface area contributed by atoms with Gasteiger partial charge in [0.1, 0.15) is 17.7 Å². The summed E-state index contributed by atoms with van der Waals surface area (Å²) >= 11 is 6.12. The van der Waals surface area contributed by atoms with Crippen LogP contribution in [0.25, 0.3) is 28.1 Å². The predicted octanol–water partition coefficient (Wildman–Crippen LogP) is 3.17. The molecule has 0 fully saturated rings. The largest absolute Gasteiger partial charge is 0.328 e. The highest BCUT2D eigenvalue weighted by molar-refractivity contribution is 6.31. The van der Waals surface area contributed by atoms with E-state index in [0.717, 1.165) is 0 Å². The zero-order valence-electron chi connectivity index (χ0n) is 15.2. The molecule has 30 heavy (non-hydrogen) atoms. The van der Waals surface area contributed by atoms with E-state index in [1.807, 2.05) is 0 Å². The van der Waals surface area contributed by atoms with Gasteiger partial charge in [0.25, 0.3) is 0 Å². The van der Waals surface area contributed by atoms with E-state index in [9.17, 15) is 9.18 Å². The molecule has 0 saturated carbocycles. The molecular formula is C20H11ClFN7O. The van der Waals surface area contributed by atoms with E-state index in [1.165, 1.54) is 29.2 Å². The first-order valence-corrected chi connectivity index (χ1v) is 9.19. The van der Waals surface area contributed by atoms with Crippen LogP contribution in [0, 0.1) is 17.1 Å². The fourth-order valence-electron chi connectivity index (χ4n) is 3.28. The summed E-state index contributed by atoms with van der Waals surface area (Å²) in [6.45, 7) is -0.0863. The average molecular weight is 420 g/mol. The fraction of sp³-hybridized carbons (Fsp3) is 0.0500. The molecule has 3 aromatic heterocycles. The highest BCUT2D eigenvalue weighted by Crippen LogP contribution is 2.22. The van der Waals surface area contributed by atoms with Crippen LogP contribution in [0.15, 0.2) is 53.7 Å². The van der Waals surface area contributed by atoms with Gasteiger partial charge in [0.05, 0.1) is 35.4 Å². The Labute approximate surface area is 172 Å². The molecule has 0 spiro atoms. The Morgan fingerprint density at radius 2 is 2.10 bits per heavy atom. The van der Waals surface area contributed by atoms with Gasteiger partial charge in [-0.05, 0) is 30.3 Å². The summed E-state index contributed by atoms with van der Waals surface area (Å²) < 4.78 is 17.2. The predicted molar refractivity (Wildman–Crippen MR) is 108 cm³/mol. The Hall–Kier alpha value is -4.03. The molecule has 0 aliphatic carbocycles. The number of aromatic amines is 1. The minimum absolute atomic E-state index is 0.0863. The molecule has 0 atom stereocenters. The molecule has 0 unspecified atom stereocenters. The molecule has 3 heterocycles. The lowest BCUT2D eigenvalue weighted by atomic mass is 10.2. The van der Waals surface area contributed by atoms with Gasteiger partial charge in [0.15, 0.2) is 5.65 Å². The Morgan fingerprint density at radius 3 is 2.90 bits per heavy atom. The zero-order chi connectivity index (χ0) is 20.8. The van der Waals surface area contributed by atoms with Gasteiger partial charge >= 0.3 is 5.69 Å². The van der Waals surface area contributed by atoms with Crippen LogP contribution in [0.1, 0.15) is 11.1 Å². The van der Waals surface area contributed by atoms with Crippen molar-refractivity contribution in [3.8, 4) is 12.0 Å². The first-order valence-electron chi connectivity index (χ1n) is 8.81. The minimum Gasteiger partial charge on any atom is -0.303 e. The number of hydrogen-bond acceptors (Lipinski definition) is 5. The molecule has 1 N–H and O–H groups in total. The molecule has 0 saturated heterocycles. The topological polar surface area (TPSA) is 105 Å². The van der Waals surface area contributed by atoms with Gasteiger partial charge < -0.3 is 4.98 Å². The maximum Gasteiger partial charge on any atom is 0.328 e. The Morgan fingerprint density at radius 1 is 1.23 bits per heavy atom. The lowest BCUT2D eigenvalue weighted by molar-refractivity contribution is 0.598. The molecule has 0 aliphatic heterocycles. The second-order valence-electron chi connectivity index (χ2n) is 6.55. The fourth-order valence-corrected chi connectivity index (χ4v) is 3.51. The van der Waals surface area contributed by atoms with Crippen molar-refractivity contribution in [1.82, 2.24) is 29.1 Å². The summed E-state index contributed by atoms with van der Waals surface area (Å²) in [7, 11) is 0. The van der Waals surface area contributed by atoms with E-state index < -0.39 is 11.5 Å². The number of benzene rings is 2. The van der Waals surface area contributed by atoms with Crippen molar-refractivity contribution < 1.29 is 4.39 Å². The molecule has 0 radical (unpaired) electrons. The summed E-state index contributed by atoms with van der Waals surface area (Å²) in [5.41, 5.74) is 2.26. The number of fused-ring (bicyclic) bond motifs is 2. The molecule has 0 amide bonds. The number of nitrogens with one attached hydrogen (secondary N) is 1. The van der Waals surface area contributed by atoms with Crippen LogP contribution in [0.3, 0.4) is 0 Å². The number of nitriles is 1. The van der Waals surface area contributed by atoms with Gasteiger partial charge in [-0.15, -0.1) is 0 Å². The number of imidazole rings is 2. The lowest BCUT2D eigenvalue weighted by Gasteiger charge is -2.08. The summed E-state index contributed by atoms with van der Waals surface area (Å²) in [5, 5.41) is 9.27. The number of H-pyrrole nitrogens is 1. The van der Waals surface area contributed by atoms with E-state index in [1.54, 1.807) is 28.8 Å². The summed E-state index contributed by atoms with van der Waals surface area (Å²) in [4.78, 5) is 28.2. The summed E-state index contributed by atoms with van der Waals surface area (Å²) in [5.74, 6) is -0.228. The van der Waals surface area contributed by atoms with E-state index in [2.05, 4.69) is 26.0 Å². The van der Waals surface area contributed by atoms with Gasteiger partial charge in [0, 0.05) is 10.6 Å². The Bertz CT molecular complexity index is 1520. The van der Waals surface area contributed by atoms with Crippen LogP contribution in [-0.4, -0.2) is 29.1 Å². The molecule has 0 bridgehead atoms. The molecular weight excluding hydrogens is 409 g/mol. The van der Waals surface area contributed by atoms with Crippen molar-refractivity contribution >= 4 is 33.8 Å². The van der Waals surface area contributed by atoms with Crippen molar-refractivity contribution in [2.75, 3.05) is 0 Å². The third-order valence-electron chi connectivity index (χ3n) is 4.77. The first-order chi connectivity index (χ1) is 14.5. The van der Waals surface area contributed by atoms with E-state index in [0.29, 0.717) is 27.8 Å². The number of aromatic nitrogens is 6. The highest BCUT2D eigenvalue weighted by Gasteiger charge is 2.16. The average Bonchev–Trinajstić information content (AvgIpc) is 3.30. The molecule has 2 aromatic carbocycles. The number of hydrogen-bond donors (Lipinski definition) is 1. The molecule has 5 aromatic rings. The first kappa shape index (κ1) is 18.0. The Kier molecular flexibility index (Phi) is 4.08. The number of nitrogens with zero attached hydrogens (tertiary/aromatic N) is 6. The number of rotatable bonds is 3. The van der Waals surface area contributed by atoms with Crippen molar-refractivity contribution in [2.24, 2.45) is 0 Å². The smallest absolute Gasteiger partial charge is 0.303 e. The Balaban J connectivity index is 1.66. The van der Waals surface area contributed by atoms with Crippen molar-refractivity contribution in [3.63, 3.8) is 0 Å². The molecule has 146 valence electrons. The van der Waals surface area contributed by atoms with Crippen molar-refractivity contribution in [2.45, 2.75) is 6.54 Å². The third-order valence-corrected chi connectivity index (χ3v) is 5.12. The normalized spacial score (nSPS) is 11.2. The highest BCUT2D eigenvalue weighted by atomic mass is 35.5. The summed E-state index contributed by atoms with van der Waals surface area (Å²) in [6.07, 6.45) is 3.02. The van der Waals surface area contributed by atoms with E-state index >= 15 is 0 Å². The molecule has 8 nitrogen and oxygen atoms in total. The monoisotopic (exact) mass is 419 g/mol. The van der Waals surface area contributed by atoms with E-state index in [-0.39, 0.29) is 23.1 Å². The SMILES string of the molecule is N#Cc1ccc2c(c1)ncn2-c1ncc2[nH]c(=O)n(Cc3c(F)cccc3Cl)c2n1. The van der Waals surface area contributed by atoms with E-state index in [4.69, 9.17) is 16.9 Å². The van der Waals surface area contributed by atoms with Crippen LogP contribution in [0.5, 0.6) is 0 Å². The molecule has 5 rings (SSSR count). The number of halogens is 2. The zero-order valence-corrected chi connectivity index (χ0v) is 15.9. The van der Waals surface area contributed by atoms with Crippen LogP contribution >= 0.6 is 11.6 Å². The standard InChI is InChI=1S/C20H11ClFN7O/c21-13-2-1-3-14(22)12(13)9-28-18-16(26-20(28)30)8-24-19(27-18)29-10-25-15-6-11(7-23)4-5-17(15)29/h1-6,8,10H,9H2,(H,26,30). The molecule has 0 aliphatic rings. The van der Waals surface area contributed by atoms with Crippen LogP contribution in [0.2, 0.25) is 5.02 Å². The van der Waals surface area contributed by atoms with Gasteiger partial charge in [-0.2, -0.15) is 10.2 Å². The minimum atomic E-state index is -0.507.